The lowest BCUT2D eigenvalue weighted by Gasteiger charge is -2.34. The third kappa shape index (κ3) is 2.00. The fourth-order valence-electron chi connectivity index (χ4n) is 3.51. The molecule has 0 saturated carbocycles. The first-order valence-corrected chi connectivity index (χ1v) is 7.34. The third-order valence-corrected chi connectivity index (χ3v) is 4.67. The molecule has 1 aliphatic carbocycles. The normalized spacial score (nSPS) is 23.8. The number of nitrogens with two attached hydrogens (primary N) is 1. The Bertz CT molecular complexity index is 730. The predicted octanol–water partition coefficient (Wildman–Crippen LogP) is 1.23. The van der Waals surface area contributed by atoms with Gasteiger partial charge >= 0.3 is 0 Å². The van der Waals surface area contributed by atoms with Crippen LogP contribution < -0.4 is 11.1 Å². The summed E-state index contributed by atoms with van der Waals surface area (Å²) in [7, 11) is 1.98. The first-order valence-electron chi connectivity index (χ1n) is 7.34. The standard InChI is InChI=1S/C16H19N5/c1-21-14(5-7-19-21)12-3-2-11-4-6-16(9-13(11)8-12)10-18-15(17)20-16/h2-3,5,7-8H,4,6,9-10H2,1H3,(H3,17,18,20). The van der Waals surface area contributed by atoms with Gasteiger partial charge in [-0.15, -0.1) is 0 Å². The van der Waals surface area contributed by atoms with E-state index in [0.717, 1.165) is 31.5 Å². The molecule has 21 heavy (non-hydrogen) atoms. The van der Waals surface area contributed by atoms with Gasteiger partial charge < -0.3 is 11.1 Å². The van der Waals surface area contributed by atoms with Crippen LogP contribution in [0.25, 0.3) is 11.3 Å². The molecule has 1 atom stereocenters. The zero-order chi connectivity index (χ0) is 14.4. The van der Waals surface area contributed by atoms with Crippen molar-refractivity contribution < 1.29 is 0 Å². The van der Waals surface area contributed by atoms with Gasteiger partial charge in [-0.1, -0.05) is 12.1 Å². The van der Waals surface area contributed by atoms with Gasteiger partial charge in [-0.3, -0.25) is 9.67 Å². The van der Waals surface area contributed by atoms with E-state index in [1.807, 2.05) is 17.9 Å². The summed E-state index contributed by atoms with van der Waals surface area (Å²) in [4.78, 5) is 4.34. The van der Waals surface area contributed by atoms with Crippen molar-refractivity contribution in [2.45, 2.75) is 24.8 Å². The highest BCUT2D eigenvalue weighted by Gasteiger charge is 2.37. The number of guanidine groups is 1. The Labute approximate surface area is 123 Å². The molecule has 1 unspecified atom stereocenters. The van der Waals surface area contributed by atoms with Crippen molar-refractivity contribution >= 4 is 5.96 Å². The van der Waals surface area contributed by atoms with Crippen molar-refractivity contribution in [2.24, 2.45) is 17.8 Å². The Kier molecular flexibility index (Phi) is 2.58. The molecule has 1 aromatic carbocycles. The summed E-state index contributed by atoms with van der Waals surface area (Å²) >= 11 is 0. The smallest absolute Gasteiger partial charge is 0.189 e. The van der Waals surface area contributed by atoms with E-state index in [4.69, 9.17) is 5.73 Å². The summed E-state index contributed by atoms with van der Waals surface area (Å²) in [5.74, 6) is 0.584. The van der Waals surface area contributed by atoms with E-state index in [1.165, 1.54) is 16.7 Å². The lowest BCUT2D eigenvalue weighted by atomic mass is 9.78. The van der Waals surface area contributed by atoms with Crippen LogP contribution in [0.3, 0.4) is 0 Å². The van der Waals surface area contributed by atoms with Crippen molar-refractivity contribution in [1.29, 1.82) is 0 Å². The fourth-order valence-corrected chi connectivity index (χ4v) is 3.51. The van der Waals surface area contributed by atoms with E-state index in [-0.39, 0.29) is 5.54 Å². The number of benzene rings is 1. The van der Waals surface area contributed by atoms with Crippen LogP contribution in [0, 0.1) is 0 Å². The quantitative estimate of drug-likeness (QED) is 0.826. The molecule has 2 aliphatic rings. The van der Waals surface area contributed by atoms with Gasteiger partial charge in [-0.2, -0.15) is 5.10 Å². The van der Waals surface area contributed by atoms with Crippen LogP contribution >= 0.6 is 0 Å². The lowest BCUT2D eigenvalue weighted by molar-refractivity contribution is 0.361. The van der Waals surface area contributed by atoms with Crippen molar-refractivity contribution in [3.63, 3.8) is 0 Å². The molecule has 0 bridgehead atoms. The summed E-state index contributed by atoms with van der Waals surface area (Å²) < 4.78 is 1.91. The number of rotatable bonds is 1. The molecule has 1 spiro atoms. The van der Waals surface area contributed by atoms with Gasteiger partial charge in [0, 0.05) is 18.8 Å². The SMILES string of the molecule is Cn1nccc1-c1ccc2c(c1)CC1(CC2)CN=C(N)N1. The molecule has 2 aromatic rings. The zero-order valence-electron chi connectivity index (χ0n) is 12.1. The summed E-state index contributed by atoms with van der Waals surface area (Å²) in [5.41, 5.74) is 11.1. The Balaban J connectivity index is 1.69. The van der Waals surface area contributed by atoms with Crippen molar-refractivity contribution in [2.75, 3.05) is 6.54 Å². The number of aliphatic imine (C=N–C) groups is 1. The van der Waals surface area contributed by atoms with Crippen LogP contribution in [0.1, 0.15) is 17.5 Å². The van der Waals surface area contributed by atoms with Crippen LogP contribution in [0.15, 0.2) is 35.5 Å². The maximum atomic E-state index is 5.81. The van der Waals surface area contributed by atoms with Crippen LogP contribution in [0.2, 0.25) is 0 Å². The van der Waals surface area contributed by atoms with Gasteiger partial charge in [-0.25, -0.2) is 0 Å². The topological polar surface area (TPSA) is 68.2 Å². The minimum absolute atomic E-state index is 0.0299. The van der Waals surface area contributed by atoms with Gasteiger partial charge in [0.25, 0.3) is 0 Å². The molecule has 0 saturated heterocycles. The molecule has 108 valence electrons. The second kappa shape index (κ2) is 4.35. The Morgan fingerprint density at radius 1 is 1.29 bits per heavy atom. The average Bonchev–Trinajstić information content (AvgIpc) is 3.05. The maximum Gasteiger partial charge on any atom is 0.189 e. The Morgan fingerprint density at radius 2 is 2.19 bits per heavy atom. The van der Waals surface area contributed by atoms with E-state index in [1.54, 1.807) is 0 Å². The van der Waals surface area contributed by atoms with Gasteiger partial charge in [0.15, 0.2) is 5.96 Å². The molecular formula is C16H19N5. The van der Waals surface area contributed by atoms with Crippen LogP contribution in [0.4, 0.5) is 0 Å². The highest BCUT2D eigenvalue weighted by molar-refractivity contribution is 5.81. The molecule has 0 amide bonds. The molecule has 2 heterocycles. The monoisotopic (exact) mass is 281 g/mol. The summed E-state index contributed by atoms with van der Waals surface area (Å²) in [6, 6.07) is 8.79. The van der Waals surface area contributed by atoms with Gasteiger partial charge in [0.05, 0.1) is 17.8 Å². The van der Waals surface area contributed by atoms with Crippen molar-refractivity contribution in [3.8, 4) is 11.3 Å². The molecule has 5 heteroatoms. The minimum atomic E-state index is 0.0299. The van der Waals surface area contributed by atoms with E-state index >= 15 is 0 Å². The second-order valence-electron chi connectivity index (χ2n) is 6.11. The molecule has 1 aliphatic heterocycles. The highest BCUT2D eigenvalue weighted by atomic mass is 15.3. The molecule has 5 nitrogen and oxygen atoms in total. The first-order chi connectivity index (χ1) is 10.2. The van der Waals surface area contributed by atoms with E-state index in [2.05, 4.69) is 39.7 Å². The van der Waals surface area contributed by atoms with Crippen LogP contribution in [-0.2, 0) is 19.9 Å². The number of aryl methyl sites for hydroxylation is 2. The Morgan fingerprint density at radius 3 is 2.90 bits per heavy atom. The second-order valence-corrected chi connectivity index (χ2v) is 6.11. The number of hydrogen-bond acceptors (Lipinski definition) is 4. The average molecular weight is 281 g/mol. The van der Waals surface area contributed by atoms with Gasteiger partial charge in [0.1, 0.15) is 0 Å². The van der Waals surface area contributed by atoms with Gasteiger partial charge in [-0.05, 0) is 42.5 Å². The molecule has 0 radical (unpaired) electrons. The third-order valence-electron chi connectivity index (χ3n) is 4.67. The lowest BCUT2D eigenvalue weighted by Crippen LogP contribution is -2.51. The number of hydrogen-bond donors (Lipinski definition) is 2. The Hall–Kier alpha value is -2.30. The predicted molar refractivity (Wildman–Crippen MR) is 83.0 cm³/mol. The zero-order valence-corrected chi connectivity index (χ0v) is 12.1. The largest absolute Gasteiger partial charge is 0.370 e. The molecule has 1 aromatic heterocycles. The number of aromatic nitrogens is 2. The molecule has 3 N–H and O–H groups in total. The number of nitrogens with zero attached hydrogens (tertiary/aromatic N) is 3. The van der Waals surface area contributed by atoms with E-state index < -0.39 is 0 Å². The van der Waals surface area contributed by atoms with E-state index in [9.17, 15) is 0 Å². The number of nitrogens with one attached hydrogen (secondary N) is 1. The fraction of sp³-hybridized carbons (Fsp3) is 0.375. The highest BCUT2D eigenvalue weighted by Crippen LogP contribution is 2.33. The van der Waals surface area contributed by atoms with Gasteiger partial charge in [0.2, 0.25) is 0 Å². The molecular weight excluding hydrogens is 262 g/mol. The minimum Gasteiger partial charge on any atom is -0.370 e. The number of fused-ring (bicyclic) bond motifs is 1. The van der Waals surface area contributed by atoms with E-state index in [0.29, 0.717) is 5.96 Å². The maximum absolute atomic E-state index is 5.81. The molecule has 4 rings (SSSR count). The molecule has 0 fully saturated rings. The summed E-state index contributed by atoms with van der Waals surface area (Å²) in [6.07, 6.45) is 4.99. The summed E-state index contributed by atoms with van der Waals surface area (Å²) in [5, 5.41) is 7.64. The van der Waals surface area contributed by atoms with Crippen molar-refractivity contribution in [1.82, 2.24) is 15.1 Å². The van der Waals surface area contributed by atoms with Crippen LogP contribution in [-0.4, -0.2) is 27.8 Å². The van der Waals surface area contributed by atoms with Crippen molar-refractivity contribution in [3.05, 3.63) is 41.6 Å². The summed E-state index contributed by atoms with van der Waals surface area (Å²) in [6.45, 7) is 0.786. The first kappa shape index (κ1) is 12.4. The van der Waals surface area contributed by atoms with Crippen LogP contribution in [0.5, 0.6) is 0 Å².